The number of benzene rings is 1. The van der Waals surface area contributed by atoms with Crippen LogP contribution in [0.5, 0.6) is 0 Å². The van der Waals surface area contributed by atoms with Gasteiger partial charge >= 0.3 is 0 Å². The molecule has 3 N–H and O–H groups in total. The van der Waals surface area contributed by atoms with E-state index in [9.17, 15) is 9.18 Å². The normalized spacial score (nSPS) is 21.9. The number of carbonyl (C=O) groups is 1. The van der Waals surface area contributed by atoms with E-state index in [1.54, 1.807) is 18.2 Å². The number of nitrogens with one attached hydrogen (secondary N) is 1. The molecule has 1 saturated carbocycles. The SMILES string of the molecule is Cl.NC1CCCCC1CC(=O)NCc1ccccc1F. The molecule has 1 aliphatic carbocycles. The Morgan fingerprint density at radius 1 is 1.30 bits per heavy atom. The molecule has 0 bridgehead atoms. The van der Waals surface area contributed by atoms with E-state index in [4.69, 9.17) is 5.73 Å². The Kier molecular flexibility index (Phi) is 6.96. The minimum Gasteiger partial charge on any atom is -0.352 e. The summed E-state index contributed by atoms with van der Waals surface area (Å²) >= 11 is 0. The zero-order chi connectivity index (χ0) is 13.7. The topological polar surface area (TPSA) is 55.1 Å². The van der Waals surface area contributed by atoms with Crippen LogP contribution in [0.15, 0.2) is 24.3 Å². The summed E-state index contributed by atoms with van der Waals surface area (Å²) in [6.07, 6.45) is 4.79. The maximum atomic E-state index is 13.4. The molecule has 1 aliphatic rings. The number of nitrogens with two attached hydrogens (primary N) is 1. The van der Waals surface area contributed by atoms with Crippen LogP contribution in [-0.2, 0) is 11.3 Å². The van der Waals surface area contributed by atoms with Gasteiger partial charge in [0.2, 0.25) is 5.91 Å². The minimum absolute atomic E-state index is 0. The summed E-state index contributed by atoms with van der Waals surface area (Å²) in [4.78, 5) is 11.9. The lowest BCUT2D eigenvalue weighted by atomic mass is 9.83. The first kappa shape index (κ1) is 16.9. The average Bonchev–Trinajstić information content (AvgIpc) is 2.40. The van der Waals surface area contributed by atoms with Crippen molar-refractivity contribution in [2.24, 2.45) is 11.7 Å². The Morgan fingerprint density at radius 2 is 2.00 bits per heavy atom. The van der Waals surface area contributed by atoms with Crippen LogP contribution in [-0.4, -0.2) is 11.9 Å². The van der Waals surface area contributed by atoms with Gasteiger partial charge in [0.25, 0.3) is 0 Å². The molecule has 1 amide bonds. The summed E-state index contributed by atoms with van der Waals surface area (Å²) in [5.74, 6) is -0.0443. The van der Waals surface area contributed by atoms with E-state index in [2.05, 4.69) is 5.32 Å². The van der Waals surface area contributed by atoms with Gasteiger partial charge in [-0.05, 0) is 24.8 Å². The second-order valence-corrected chi connectivity index (χ2v) is 5.28. The van der Waals surface area contributed by atoms with Crippen LogP contribution < -0.4 is 11.1 Å². The summed E-state index contributed by atoms with van der Waals surface area (Å²) in [5, 5.41) is 2.77. The first-order valence-corrected chi connectivity index (χ1v) is 6.92. The van der Waals surface area contributed by atoms with E-state index in [1.165, 1.54) is 6.07 Å². The fourth-order valence-electron chi connectivity index (χ4n) is 2.64. The second kappa shape index (κ2) is 8.22. The molecule has 0 heterocycles. The van der Waals surface area contributed by atoms with Gasteiger partial charge in [-0.25, -0.2) is 4.39 Å². The Hall–Kier alpha value is -1.13. The minimum atomic E-state index is -0.280. The molecule has 20 heavy (non-hydrogen) atoms. The van der Waals surface area contributed by atoms with Crippen molar-refractivity contribution >= 4 is 18.3 Å². The fraction of sp³-hybridized carbons (Fsp3) is 0.533. The Bertz CT molecular complexity index is 442. The summed E-state index contributed by atoms with van der Waals surface area (Å²) < 4.78 is 13.4. The highest BCUT2D eigenvalue weighted by Crippen LogP contribution is 2.25. The van der Waals surface area contributed by atoms with Crippen molar-refractivity contribution in [3.63, 3.8) is 0 Å². The van der Waals surface area contributed by atoms with Gasteiger partial charge in [-0.1, -0.05) is 31.0 Å². The lowest BCUT2D eigenvalue weighted by Crippen LogP contribution is -2.37. The molecule has 2 rings (SSSR count). The molecule has 2 atom stereocenters. The zero-order valence-corrected chi connectivity index (χ0v) is 12.3. The third kappa shape index (κ3) is 4.76. The van der Waals surface area contributed by atoms with Gasteiger partial charge in [-0.2, -0.15) is 0 Å². The van der Waals surface area contributed by atoms with Crippen molar-refractivity contribution in [3.8, 4) is 0 Å². The van der Waals surface area contributed by atoms with E-state index >= 15 is 0 Å². The molecule has 1 aromatic rings. The van der Waals surface area contributed by atoms with E-state index in [1.807, 2.05) is 0 Å². The van der Waals surface area contributed by atoms with Gasteiger partial charge in [0.15, 0.2) is 0 Å². The molecule has 3 nitrogen and oxygen atoms in total. The van der Waals surface area contributed by atoms with Crippen LogP contribution in [0.1, 0.15) is 37.7 Å². The van der Waals surface area contributed by atoms with E-state index in [0.717, 1.165) is 25.7 Å². The number of amides is 1. The fourth-order valence-corrected chi connectivity index (χ4v) is 2.64. The van der Waals surface area contributed by atoms with E-state index < -0.39 is 0 Å². The first-order chi connectivity index (χ1) is 9.16. The van der Waals surface area contributed by atoms with Crippen molar-refractivity contribution in [1.82, 2.24) is 5.32 Å². The smallest absolute Gasteiger partial charge is 0.220 e. The van der Waals surface area contributed by atoms with Crippen molar-refractivity contribution in [3.05, 3.63) is 35.6 Å². The number of carbonyl (C=O) groups excluding carboxylic acids is 1. The lowest BCUT2D eigenvalue weighted by molar-refractivity contribution is -0.122. The van der Waals surface area contributed by atoms with Crippen LogP contribution in [0.2, 0.25) is 0 Å². The molecule has 0 spiro atoms. The lowest BCUT2D eigenvalue weighted by Gasteiger charge is -2.27. The predicted octanol–water partition coefficient (Wildman–Crippen LogP) is 2.77. The van der Waals surface area contributed by atoms with Gasteiger partial charge in [0, 0.05) is 24.6 Å². The molecule has 0 saturated heterocycles. The molecule has 0 radical (unpaired) electrons. The molecule has 1 fully saturated rings. The quantitative estimate of drug-likeness (QED) is 0.898. The van der Waals surface area contributed by atoms with Crippen molar-refractivity contribution in [2.75, 3.05) is 0 Å². The van der Waals surface area contributed by atoms with Crippen molar-refractivity contribution in [2.45, 2.75) is 44.7 Å². The van der Waals surface area contributed by atoms with Crippen LogP contribution >= 0.6 is 12.4 Å². The van der Waals surface area contributed by atoms with E-state index in [0.29, 0.717) is 12.0 Å². The second-order valence-electron chi connectivity index (χ2n) is 5.28. The van der Waals surface area contributed by atoms with Crippen LogP contribution in [0.25, 0.3) is 0 Å². The van der Waals surface area contributed by atoms with E-state index in [-0.39, 0.29) is 42.6 Å². The summed E-state index contributed by atoms with van der Waals surface area (Å²) in [5.41, 5.74) is 6.54. The highest BCUT2D eigenvalue weighted by molar-refractivity contribution is 5.85. The van der Waals surface area contributed by atoms with Gasteiger partial charge in [-0.15, -0.1) is 12.4 Å². The number of hydrogen-bond donors (Lipinski definition) is 2. The zero-order valence-electron chi connectivity index (χ0n) is 11.5. The number of halogens is 2. The van der Waals surface area contributed by atoms with Crippen LogP contribution in [0.3, 0.4) is 0 Å². The maximum Gasteiger partial charge on any atom is 0.220 e. The molecule has 2 unspecified atom stereocenters. The monoisotopic (exact) mass is 300 g/mol. The molecule has 0 aromatic heterocycles. The average molecular weight is 301 g/mol. The largest absolute Gasteiger partial charge is 0.352 e. The number of rotatable bonds is 4. The van der Waals surface area contributed by atoms with Gasteiger partial charge < -0.3 is 11.1 Å². The maximum absolute atomic E-state index is 13.4. The van der Waals surface area contributed by atoms with Gasteiger partial charge in [0.1, 0.15) is 5.82 Å². The summed E-state index contributed by atoms with van der Waals surface area (Å²) in [6, 6.07) is 6.62. The highest BCUT2D eigenvalue weighted by atomic mass is 35.5. The Balaban J connectivity index is 0.00000200. The Labute approximate surface area is 125 Å². The highest BCUT2D eigenvalue weighted by Gasteiger charge is 2.23. The molecule has 112 valence electrons. The van der Waals surface area contributed by atoms with Crippen molar-refractivity contribution in [1.29, 1.82) is 0 Å². The molecule has 0 aliphatic heterocycles. The van der Waals surface area contributed by atoms with Gasteiger partial charge in [0.05, 0.1) is 0 Å². The Morgan fingerprint density at radius 3 is 2.70 bits per heavy atom. The summed E-state index contributed by atoms with van der Waals surface area (Å²) in [7, 11) is 0. The molecular formula is C15H22ClFN2O. The van der Waals surface area contributed by atoms with Gasteiger partial charge in [-0.3, -0.25) is 4.79 Å². The van der Waals surface area contributed by atoms with Crippen molar-refractivity contribution < 1.29 is 9.18 Å². The number of hydrogen-bond acceptors (Lipinski definition) is 2. The van der Waals surface area contributed by atoms with Crippen LogP contribution in [0.4, 0.5) is 4.39 Å². The summed E-state index contributed by atoms with van der Waals surface area (Å²) in [6.45, 7) is 0.244. The van der Waals surface area contributed by atoms with Crippen LogP contribution in [0, 0.1) is 11.7 Å². The molecular weight excluding hydrogens is 279 g/mol. The molecule has 1 aromatic carbocycles. The molecule has 5 heteroatoms. The first-order valence-electron chi connectivity index (χ1n) is 6.92. The third-order valence-electron chi connectivity index (χ3n) is 3.85. The standard InChI is InChI=1S/C15H21FN2O.ClH/c16-13-7-3-1-6-12(13)10-18-15(19)9-11-5-2-4-8-14(11)17;/h1,3,6-7,11,14H,2,4-5,8-10,17H2,(H,18,19);1H. The predicted molar refractivity (Wildman–Crippen MR) is 80.0 cm³/mol. The third-order valence-corrected chi connectivity index (χ3v) is 3.85.